The molecule has 1 unspecified atom stereocenters. The van der Waals surface area contributed by atoms with Crippen LogP contribution in [0, 0.1) is 0 Å². The molecule has 0 heterocycles. The van der Waals surface area contributed by atoms with Crippen molar-refractivity contribution < 1.29 is 14.3 Å². The zero-order chi connectivity index (χ0) is 16.5. The summed E-state index contributed by atoms with van der Waals surface area (Å²) >= 11 is 0. The lowest BCUT2D eigenvalue weighted by molar-refractivity contribution is 0.0748. The van der Waals surface area contributed by atoms with Gasteiger partial charge in [-0.3, -0.25) is 4.79 Å². The lowest BCUT2D eigenvalue weighted by atomic mass is 10.1. The molecule has 0 saturated carbocycles. The van der Waals surface area contributed by atoms with Crippen molar-refractivity contribution >= 4 is 18.3 Å². The highest BCUT2D eigenvalue weighted by Crippen LogP contribution is 2.29. The van der Waals surface area contributed by atoms with Crippen molar-refractivity contribution in [1.82, 2.24) is 4.90 Å². The second kappa shape index (κ2) is 11.1. The molecule has 5 nitrogen and oxygen atoms in total. The molecule has 23 heavy (non-hydrogen) atoms. The highest BCUT2D eigenvalue weighted by atomic mass is 35.5. The van der Waals surface area contributed by atoms with E-state index in [1.54, 1.807) is 30.1 Å². The first kappa shape index (κ1) is 21.5. The fourth-order valence-corrected chi connectivity index (χ4v) is 1.86. The van der Waals surface area contributed by atoms with E-state index in [1.807, 2.05) is 20.8 Å². The number of carbonyl (C=O) groups is 1. The van der Waals surface area contributed by atoms with Gasteiger partial charge in [0.2, 0.25) is 0 Å². The van der Waals surface area contributed by atoms with Crippen molar-refractivity contribution in [3.63, 3.8) is 0 Å². The molecule has 0 aromatic heterocycles. The van der Waals surface area contributed by atoms with E-state index >= 15 is 0 Å². The summed E-state index contributed by atoms with van der Waals surface area (Å²) in [5.41, 5.74) is 6.21. The molecule has 0 aliphatic rings. The molecular formula is C17H29ClN2O3. The minimum atomic E-state index is -0.0682. The third kappa shape index (κ3) is 6.28. The molecule has 1 atom stereocenters. The number of hydrogen-bond donors (Lipinski definition) is 1. The lowest BCUT2D eigenvalue weighted by Crippen LogP contribution is -2.39. The molecule has 1 amide bonds. The van der Waals surface area contributed by atoms with Crippen molar-refractivity contribution in [2.45, 2.75) is 39.7 Å². The fourth-order valence-electron chi connectivity index (χ4n) is 1.86. The smallest absolute Gasteiger partial charge is 0.254 e. The van der Waals surface area contributed by atoms with Gasteiger partial charge in [0.1, 0.15) is 0 Å². The summed E-state index contributed by atoms with van der Waals surface area (Å²) in [7, 11) is 1.76. The van der Waals surface area contributed by atoms with Crippen molar-refractivity contribution in [2.75, 3.05) is 26.8 Å². The van der Waals surface area contributed by atoms with Gasteiger partial charge in [0, 0.05) is 25.2 Å². The Morgan fingerprint density at radius 3 is 2.26 bits per heavy atom. The first-order valence-corrected chi connectivity index (χ1v) is 7.91. The number of amides is 1. The Morgan fingerprint density at radius 1 is 1.17 bits per heavy atom. The third-order valence-electron chi connectivity index (χ3n) is 3.44. The highest BCUT2D eigenvalue weighted by molar-refractivity contribution is 5.95. The van der Waals surface area contributed by atoms with Gasteiger partial charge in [-0.05, 0) is 38.0 Å². The summed E-state index contributed by atoms with van der Waals surface area (Å²) < 4.78 is 11.4. The van der Waals surface area contributed by atoms with E-state index in [1.165, 1.54) is 0 Å². The van der Waals surface area contributed by atoms with E-state index in [0.29, 0.717) is 36.8 Å². The molecule has 0 aliphatic carbocycles. The Bertz CT molecular complexity index is 483. The zero-order valence-corrected chi connectivity index (χ0v) is 15.3. The number of rotatable bonds is 9. The third-order valence-corrected chi connectivity index (χ3v) is 3.44. The Morgan fingerprint density at radius 2 is 1.74 bits per heavy atom. The van der Waals surface area contributed by atoms with Crippen LogP contribution < -0.4 is 15.2 Å². The van der Waals surface area contributed by atoms with Gasteiger partial charge in [-0.15, -0.1) is 12.4 Å². The van der Waals surface area contributed by atoms with Crippen molar-refractivity contribution in [3.05, 3.63) is 23.8 Å². The standard InChI is InChI=1S/C17H28N2O3.ClH/c1-5-9-21-15-8-7-14(11-16(15)22-10-6-2)17(20)19(4)13(3)12-18;/h7-8,11,13H,5-6,9-10,12,18H2,1-4H3;1H. The van der Waals surface area contributed by atoms with Crippen LogP contribution in [0.3, 0.4) is 0 Å². The summed E-state index contributed by atoms with van der Waals surface area (Å²) in [6.07, 6.45) is 1.82. The van der Waals surface area contributed by atoms with Crippen LogP contribution in [0.1, 0.15) is 44.0 Å². The second-order valence-electron chi connectivity index (χ2n) is 5.36. The lowest BCUT2D eigenvalue weighted by Gasteiger charge is -2.24. The second-order valence-corrected chi connectivity index (χ2v) is 5.36. The van der Waals surface area contributed by atoms with Gasteiger partial charge < -0.3 is 20.1 Å². The van der Waals surface area contributed by atoms with Gasteiger partial charge in [-0.2, -0.15) is 0 Å². The van der Waals surface area contributed by atoms with E-state index in [9.17, 15) is 4.79 Å². The zero-order valence-electron chi connectivity index (χ0n) is 14.5. The fraction of sp³-hybridized carbons (Fsp3) is 0.588. The molecular weight excluding hydrogens is 316 g/mol. The van der Waals surface area contributed by atoms with Crippen LogP contribution >= 0.6 is 12.4 Å². The van der Waals surface area contributed by atoms with Crippen molar-refractivity contribution in [1.29, 1.82) is 0 Å². The predicted octanol–water partition coefficient (Wildman–Crippen LogP) is 3.11. The SMILES string of the molecule is CCCOc1ccc(C(=O)N(C)C(C)CN)cc1OCCC.Cl. The average molecular weight is 345 g/mol. The van der Waals surface area contributed by atoms with Crippen LogP contribution in [0.2, 0.25) is 0 Å². The summed E-state index contributed by atoms with van der Waals surface area (Å²) in [4.78, 5) is 14.1. The van der Waals surface area contributed by atoms with Crippen LogP contribution in [0.5, 0.6) is 11.5 Å². The van der Waals surface area contributed by atoms with E-state index in [4.69, 9.17) is 15.2 Å². The maximum Gasteiger partial charge on any atom is 0.254 e. The number of likely N-dealkylation sites (N-methyl/N-ethyl adjacent to an activating group) is 1. The Balaban J connectivity index is 0.00000484. The molecule has 132 valence electrons. The quantitative estimate of drug-likeness (QED) is 0.747. The Hall–Kier alpha value is -1.46. The maximum atomic E-state index is 12.5. The minimum absolute atomic E-state index is 0. The monoisotopic (exact) mass is 344 g/mol. The summed E-state index contributed by atoms with van der Waals surface area (Å²) in [6.45, 7) is 7.66. The molecule has 0 bridgehead atoms. The molecule has 2 N–H and O–H groups in total. The van der Waals surface area contributed by atoms with E-state index in [2.05, 4.69) is 0 Å². The first-order valence-electron chi connectivity index (χ1n) is 7.91. The molecule has 0 aliphatic heterocycles. The first-order chi connectivity index (χ1) is 10.5. The van der Waals surface area contributed by atoms with Gasteiger partial charge in [-0.25, -0.2) is 0 Å². The minimum Gasteiger partial charge on any atom is -0.490 e. The van der Waals surface area contributed by atoms with Gasteiger partial charge in [0.05, 0.1) is 13.2 Å². The summed E-state index contributed by atoms with van der Waals surface area (Å²) in [5, 5.41) is 0. The number of nitrogens with zero attached hydrogens (tertiary/aromatic N) is 1. The number of hydrogen-bond acceptors (Lipinski definition) is 4. The predicted molar refractivity (Wildman–Crippen MR) is 95.9 cm³/mol. The largest absolute Gasteiger partial charge is 0.490 e. The molecule has 0 fully saturated rings. The molecule has 0 radical (unpaired) electrons. The summed E-state index contributed by atoms with van der Waals surface area (Å²) in [6, 6.07) is 5.31. The Labute approximate surface area is 145 Å². The van der Waals surface area contributed by atoms with Crippen LogP contribution in [-0.4, -0.2) is 43.7 Å². The van der Waals surface area contributed by atoms with E-state index in [-0.39, 0.29) is 24.4 Å². The molecule has 1 rings (SSSR count). The van der Waals surface area contributed by atoms with Gasteiger partial charge in [0.25, 0.3) is 5.91 Å². The number of carbonyl (C=O) groups excluding carboxylic acids is 1. The molecule has 0 spiro atoms. The molecule has 1 aromatic carbocycles. The van der Waals surface area contributed by atoms with Crippen LogP contribution in [0.15, 0.2) is 18.2 Å². The van der Waals surface area contributed by atoms with Crippen molar-refractivity contribution in [3.8, 4) is 11.5 Å². The average Bonchev–Trinajstić information content (AvgIpc) is 2.56. The van der Waals surface area contributed by atoms with Crippen LogP contribution in [-0.2, 0) is 0 Å². The maximum absolute atomic E-state index is 12.5. The molecule has 6 heteroatoms. The van der Waals surface area contributed by atoms with Gasteiger partial charge in [-0.1, -0.05) is 13.8 Å². The number of ether oxygens (including phenoxy) is 2. The number of benzene rings is 1. The normalized spacial score (nSPS) is 11.3. The van der Waals surface area contributed by atoms with Crippen LogP contribution in [0.4, 0.5) is 0 Å². The molecule has 1 aromatic rings. The Kier molecular flexibility index (Phi) is 10.4. The highest BCUT2D eigenvalue weighted by Gasteiger charge is 2.18. The van der Waals surface area contributed by atoms with Crippen LogP contribution in [0.25, 0.3) is 0 Å². The summed E-state index contributed by atoms with van der Waals surface area (Å²) in [5.74, 6) is 1.23. The number of halogens is 1. The van der Waals surface area contributed by atoms with E-state index in [0.717, 1.165) is 12.8 Å². The van der Waals surface area contributed by atoms with Gasteiger partial charge in [0.15, 0.2) is 11.5 Å². The van der Waals surface area contributed by atoms with Gasteiger partial charge >= 0.3 is 0 Å². The topological polar surface area (TPSA) is 64.8 Å². The van der Waals surface area contributed by atoms with E-state index < -0.39 is 0 Å². The van der Waals surface area contributed by atoms with Crippen molar-refractivity contribution in [2.24, 2.45) is 5.73 Å². The molecule has 0 saturated heterocycles. The number of nitrogens with two attached hydrogens (primary N) is 1.